The van der Waals surface area contributed by atoms with Gasteiger partial charge in [0.25, 0.3) is 0 Å². The topological polar surface area (TPSA) is 16.1 Å². The number of nitrogens with zero attached hydrogens (tertiary/aromatic N) is 2. The van der Waals surface area contributed by atoms with Crippen LogP contribution in [0, 0.1) is 17.8 Å². The molecule has 164 valence electrons. The van der Waals surface area contributed by atoms with Gasteiger partial charge in [0.1, 0.15) is 5.82 Å². The quantitative estimate of drug-likeness (QED) is 0.281. The SMILES string of the molecule is C#CCCc1cnc(N(CCC)CCCC(=C)CC(C)(C)C)c(Cl)c1.C=C.CC. The van der Waals surface area contributed by atoms with E-state index in [9.17, 15) is 0 Å². The van der Waals surface area contributed by atoms with Crippen LogP contribution in [0.4, 0.5) is 5.82 Å². The van der Waals surface area contributed by atoms with Gasteiger partial charge in [-0.05, 0) is 49.1 Å². The minimum absolute atomic E-state index is 0.305. The monoisotopic (exact) mass is 418 g/mol. The number of halogens is 1. The summed E-state index contributed by atoms with van der Waals surface area (Å²) in [5.41, 5.74) is 2.73. The maximum Gasteiger partial charge on any atom is 0.147 e. The molecule has 1 aromatic heterocycles. The molecule has 0 saturated carbocycles. The van der Waals surface area contributed by atoms with Crippen molar-refractivity contribution >= 4 is 17.4 Å². The van der Waals surface area contributed by atoms with Crippen molar-refractivity contribution in [2.24, 2.45) is 5.41 Å². The molecule has 0 fully saturated rings. The maximum atomic E-state index is 6.49. The molecular formula is C26H43ClN2. The van der Waals surface area contributed by atoms with Gasteiger partial charge in [-0.3, -0.25) is 0 Å². The number of rotatable bonds is 10. The molecule has 0 atom stereocenters. The molecule has 1 rings (SSSR count). The lowest BCUT2D eigenvalue weighted by molar-refractivity contribution is 0.403. The Labute approximate surface area is 186 Å². The molecule has 0 spiro atoms. The largest absolute Gasteiger partial charge is 0.355 e. The molecular weight excluding hydrogens is 376 g/mol. The lowest BCUT2D eigenvalue weighted by atomic mass is 9.87. The highest BCUT2D eigenvalue weighted by Crippen LogP contribution is 2.27. The molecule has 0 bridgehead atoms. The lowest BCUT2D eigenvalue weighted by Crippen LogP contribution is -2.26. The van der Waals surface area contributed by atoms with E-state index >= 15 is 0 Å². The second-order valence-electron chi connectivity index (χ2n) is 7.93. The molecule has 0 aliphatic rings. The summed E-state index contributed by atoms with van der Waals surface area (Å²) in [5.74, 6) is 3.54. The van der Waals surface area contributed by atoms with Crippen molar-refractivity contribution in [1.29, 1.82) is 0 Å². The Balaban J connectivity index is 0. The zero-order valence-corrected chi connectivity index (χ0v) is 20.5. The third kappa shape index (κ3) is 14.0. The van der Waals surface area contributed by atoms with E-state index in [1.807, 2.05) is 26.1 Å². The molecule has 1 heterocycles. The molecule has 2 nitrogen and oxygen atoms in total. The highest BCUT2D eigenvalue weighted by Gasteiger charge is 2.14. The first-order valence-corrected chi connectivity index (χ1v) is 11.1. The fourth-order valence-electron chi connectivity index (χ4n) is 3.01. The Bertz CT molecular complexity index is 608. The number of aromatic nitrogens is 1. The van der Waals surface area contributed by atoms with Crippen molar-refractivity contribution in [2.45, 2.75) is 80.1 Å². The molecule has 0 N–H and O–H groups in total. The minimum Gasteiger partial charge on any atom is -0.355 e. The van der Waals surface area contributed by atoms with E-state index in [4.69, 9.17) is 18.0 Å². The van der Waals surface area contributed by atoms with Gasteiger partial charge >= 0.3 is 0 Å². The van der Waals surface area contributed by atoms with Gasteiger partial charge in [0.15, 0.2) is 0 Å². The van der Waals surface area contributed by atoms with Crippen molar-refractivity contribution in [3.8, 4) is 12.3 Å². The standard InChI is InChI=1S/C22H33ClN2.C2H6.C2H4/c1-7-9-12-19-15-20(23)21(24-17-19)25(13-8-2)14-10-11-18(3)16-22(4,5)6;2*1-2/h1,15,17H,3,8-14,16H2,2,4-6H3;1-2H3;1-2H2. The molecule has 0 unspecified atom stereocenters. The van der Waals surface area contributed by atoms with E-state index < -0.39 is 0 Å². The zero-order chi connectivity index (χ0) is 22.9. The predicted octanol–water partition coefficient (Wildman–Crippen LogP) is 8.12. The maximum absolute atomic E-state index is 6.49. The molecule has 0 amide bonds. The second kappa shape index (κ2) is 17.2. The Morgan fingerprint density at radius 2 is 1.86 bits per heavy atom. The highest BCUT2D eigenvalue weighted by molar-refractivity contribution is 6.33. The molecule has 29 heavy (non-hydrogen) atoms. The molecule has 0 radical (unpaired) electrons. The number of aryl methyl sites for hydroxylation is 1. The first kappa shape index (κ1) is 29.5. The van der Waals surface area contributed by atoms with Crippen LogP contribution in [0.5, 0.6) is 0 Å². The van der Waals surface area contributed by atoms with Crippen LogP contribution in [0.1, 0.15) is 79.2 Å². The van der Waals surface area contributed by atoms with Gasteiger partial charge in [-0.25, -0.2) is 4.98 Å². The number of hydrogen-bond donors (Lipinski definition) is 0. The van der Waals surface area contributed by atoms with Crippen molar-refractivity contribution in [3.05, 3.63) is 48.2 Å². The van der Waals surface area contributed by atoms with Crippen molar-refractivity contribution in [3.63, 3.8) is 0 Å². The molecule has 3 heteroatoms. The van der Waals surface area contributed by atoms with Crippen LogP contribution < -0.4 is 4.90 Å². The summed E-state index contributed by atoms with van der Waals surface area (Å²) in [4.78, 5) is 6.90. The Morgan fingerprint density at radius 1 is 1.24 bits per heavy atom. The van der Waals surface area contributed by atoms with Crippen LogP contribution in [0.3, 0.4) is 0 Å². The van der Waals surface area contributed by atoms with Gasteiger partial charge < -0.3 is 4.90 Å². The van der Waals surface area contributed by atoms with E-state index in [0.717, 1.165) is 61.6 Å². The Morgan fingerprint density at radius 3 is 2.34 bits per heavy atom. The van der Waals surface area contributed by atoms with Crippen molar-refractivity contribution in [1.82, 2.24) is 4.98 Å². The smallest absolute Gasteiger partial charge is 0.147 e. The van der Waals surface area contributed by atoms with Gasteiger partial charge in [0.2, 0.25) is 0 Å². The zero-order valence-electron chi connectivity index (χ0n) is 19.8. The van der Waals surface area contributed by atoms with E-state index in [0.29, 0.717) is 11.8 Å². The predicted molar refractivity (Wildman–Crippen MR) is 134 cm³/mol. The molecule has 0 aromatic carbocycles. The molecule has 0 saturated heterocycles. The van der Waals surface area contributed by atoms with Gasteiger partial charge in [-0.2, -0.15) is 0 Å². The second-order valence-corrected chi connectivity index (χ2v) is 8.34. The fraction of sp³-hybridized carbons (Fsp3) is 0.577. The summed E-state index contributed by atoms with van der Waals surface area (Å²) in [6, 6.07) is 2.00. The van der Waals surface area contributed by atoms with E-state index in [-0.39, 0.29) is 0 Å². The van der Waals surface area contributed by atoms with Crippen molar-refractivity contribution in [2.75, 3.05) is 18.0 Å². The third-order valence-electron chi connectivity index (χ3n) is 3.97. The van der Waals surface area contributed by atoms with Crippen LogP contribution >= 0.6 is 11.6 Å². The van der Waals surface area contributed by atoms with Gasteiger partial charge in [-0.15, -0.1) is 25.5 Å². The van der Waals surface area contributed by atoms with Gasteiger partial charge in [0.05, 0.1) is 5.02 Å². The lowest BCUT2D eigenvalue weighted by Gasteiger charge is -2.25. The number of hydrogen-bond acceptors (Lipinski definition) is 2. The molecule has 1 aromatic rings. The van der Waals surface area contributed by atoms with Crippen LogP contribution in [0.15, 0.2) is 37.6 Å². The minimum atomic E-state index is 0.305. The first-order valence-electron chi connectivity index (χ1n) is 10.8. The fourth-order valence-corrected chi connectivity index (χ4v) is 3.32. The van der Waals surface area contributed by atoms with Crippen molar-refractivity contribution < 1.29 is 0 Å². The summed E-state index contributed by atoms with van der Waals surface area (Å²) in [6.45, 7) is 25.1. The molecule has 0 aliphatic carbocycles. The summed E-state index contributed by atoms with van der Waals surface area (Å²) >= 11 is 6.49. The van der Waals surface area contributed by atoms with Crippen LogP contribution in [0.2, 0.25) is 5.02 Å². The average Bonchev–Trinajstić information content (AvgIpc) is 2.68. The highest BCUT2D eigenvalue weighted by atomic mass is 35.5. The van der Waals surface area contributed by atoms with Crippen LogP contribution in [-0.4, -0.2) is 18.1 Å². The molecule has 0 aliphatic heterocycles. The Hall–Kier alpha value is -1.72. The summed E-state index contributed by atoms with van der Waals surface area (Å²) in [7, 11) is 0. The summed E-state index contributed by atoms with van der Waals surface area (Å²) < 4.78 is 0. The summed E-state index contributed by atoms with van der Waals surface area (Å²) in [6.07, 6.45) is 13.0. The van der Waals surface area contributed by atoms with E-state index in [1.165, 1.54) is 5.57 Å². The Kier molecular flexibility index (Phi) is 17.4. The van der Waals surface area contributed by atoms with E-state index in [2.05, 4.69) is 63.2 Å². The third-order valence-corrected chi connectivity index (χ3v) is 4.25. The van der Waals surface area contributed by atoms with Crippen LogP contribution in [-0.2, 0) is 6.42 Å². The number of anilines is 1. The van der Waals surface area contributed by atoms with E-state index in [1.54, 1.807) is 0 Å². The average molecular weight is 419 g/mol. The number of terminal acetylenes is 1. The van der Waals surface area contributed by atoms with Gasteiger partial charge in [0, 0.05) is 25.7 Å². The summed E-state index contributed by atoms with van der Waals surface area (Å²) in [5, 5.41) is 0.719. The first-order chi connectivity index (χ1) is 13.8. The normalized spacial score (nSPS) is 10.0. The van der Waals surface area contributed by atoms with Crippen LogP contribution in [0.25, 0.3) is 0 Å². The number of pyridine rings is 1. The van der Waals surface area contributed by atoms with Gasteiger partial charge in [-0.1, -0.05) is 65.3 Å². The number of allylic oxidation sites excluding steroid dienone is 1.